The molecule has 0 aliphatic carbocycles. The first-order chi connectivity index (χ1) is 13.1. The molecule has 2 aromatic rings. The number of amides is 2. The SMILES string of the molecule is CCCNC(=O)c1ccc(NC(=O)c2ccn(C3CCCNC3)n2)cc1Cl. The second kappa shape index (κ2) is 9.01. The van der Waals surface area contributed by atoms with Gasteiger partial charge in [0.1, 0.15) is 0 Å². The number of halogens is 1. The van der Waals surface area contributed by atoms with Crippen LogP contribution in [0.2, 0.25) is 5.02 Å². The Bertz CT molecular complexity index is 814. The molecule has 1 aromatic heterocycles. The smallest absolute Gasteiger partial charge is 0.276 e. The molecule has 1 aliphatic rings. The van der Waals surface area contributed by atoms with E-state index >= 15 is 0 Å². The van der Waals surface area contributed by atoms with E-state index in [1.165, 1.54) is 0 Å². The number of aromatic nitrogens is 2. The summed E-state index contributed by atoms with van der Waals surface area (Å²) in [6.45, 7) is 4.46. The summed E-state index contributed by atoms with van der Waals surface area (Å²) in [6, 6.07) is 6.82. The lowest BCUT2D eigenvalue weighted by atomic mass is 10.1. The van der Waals surface area contributed by atoms with Crippen molar-refractivity contribution in [3.8, 4) is 0 Å². The average molecular weight is 390 g/mol. The molecule has 1 saturated heterocycles. The Kier molecular flexibility index (Phi) is 6.47. The Morgan fingerprint density at radius 1 is 1.33 bits per heavy atom. The molecule has 3 N–H and O–H groups in total. The van der Waals surface area contributed by atoms with Gasteiger partial charge in [0, 0.05) is 25.0 Å². The summed E-state index contributed by atoms with van der Waals surface area (Å²) < 4.78 is 1.84. The molecule has 1 aromatic carbocycles. The van der Waals surface area contributed by atoms with Crippen LogP contribution in [-0.4, -0.2) is 41.2 Å². The summed E-state index contributed by atoms with van der Waals surface area (Å²) in [4.78, 5) is 24.5. The molecule has 27 heavy (non-hydrogen) atoms. The number of rotatable bonds is 6. The number of hydrogen-bond donors (Lipinski definition) is 3. The van der Waals surface area contributed by atoms with E-state index in [2.05, 4.69) is 21.0 Å². The zero-order chi connectivity index (χ0) is 19.2. The van der Waals surface area contributed by atoms with Gasteiger partial charge in [-0.3, -0.25) is 14.3 Å². The van der Waals surface area contributed by atoms with E-state index in [4.69, 9.17) is 11.6 Å². The summed E-state index contributed by atoms with van der Waals surface area (Å²) in [5, 5.41) is 13.6. The van der Waals surface area contributed by atoms with Crippen LogP contribution < -0.4 is 16.0 Å². The minimum absolute atomic E-state index is 0.223. The number of carbonyl (C=O) groups is 2. The van der Waals surface area contributed by atoms with E-state index in [1.54, 1.807) is 24.3 Å². The van der Waals surface area contributed by atoms with Crippen molar-refractivity contribution in [2.45, 2.75) is 32.2 Å². The summed E-state index contributed by atoms with van der Waals surface area (Å²) in [6.07, 6.45) is 4.83. The highest BCUT2D eigenvalue weighted by Gasteiger charge is 2.18. The standard InChI is InChI=1S/C19H24ClN5O2/c1-2-8-22-18(26)15-6-5-13(11-16(15)20)23-19(27)17-7-10-25(24-17)14-4-3-9-21-12-14/h5-7,10-11,14,21H,2-4,8-9,12H2,1H3,(H,22,26)(H,23,27). The lowest BCUT2D eigenvalue weighted by molar-refractivity contribution is 0.0953. The van der Waals surface area contributed by atoms with Gasteiger partial charge in [-0.05, 0) is 50.1 Å². The molecular formula is C19H24ClN5O2. The van der Waals surface area contributed by atoms with E-state index in [0.29, 0.717) is 28.5 Å². The highest BCUT2D eigenvalue weighted by atomic mass is 35.5. The fourth-order valence-electron chi connectivity index (χ4n) is 3.03. The van der Waals surface area contributed by atoms with E-state index < -0.39 is 0 Å². The molecule has 0 saturated carbocycles. The first kappa shape index (κ1) is 19.4. The molecule has 1 aliphatic heterocycles. The fourth-order valence-corrected chi connectivity index (χ4v) is 3.29. The Morgan fingerprint density at radius 3 is 2.89 bits per heavy atom. The maximum atomic E-state index is 12.5. The molecule has 2 heterocycles. The van der Waals surface area contributed by atoms with Crippen LogP contribution in [0.5, 0.6) is 0 Å². The van der Waals surface area contributed by atoms with Gasteiger partial charge in [-0.25, -0.2) is 0 Å². The largest absolute Gasteiger partial charge is 0.352 e. The summed E-state index contributed by atoms with van der Waals surface area (Å²) in [5.41, 5.74) is 1.25. The molecular weight excluding hydrogens is 366 g/mol. The van der Waals surface area contributed by atoms with Crippen LogP contribution in [0, 0.1) is 0 Å². The minimum Gasteiger partial charge on any atom is -0.352 e. The van der Waals surface area contributed by atoms with Crippen LogP contribution in [-0.2, 0) is 0 Å². The van der Waals surface area contributed by atoms with Crippen molar-refractivity contribution in [2.24, 2.45) is 0 Å². The highest BCUT2D eigenvalue weighted by molar-refractivity contribution is 6.34. The fraction of sp³-hybridized carbons (Fsp3) is 0.421. The average Bonchev–Trinajstić information content (AvgIpc) is 3.17. The van der Waals surface area contributed by atoms with Crippen LogP contribution in [0.3, 0.4) is 0 Å². The summed E-state index contributed by atoms with van der Waals surface area (Å²) in [7, 11) is 0. The van der Waals surface area contributed by atoms with Gasteiger partial charge in [0.15, 0.2) is 5.69 Å². The van der Waals surface area contributed by atoms with Crippen LogP contribution in [0.25, 0.3) is 0 Å². The molecule has 144 valence electrons. The quantitative estimate of drug-likeness (QED) is 0.708. The monoisotopic (exact) mass is 389 g/mol. The van der Waals surface area contributed by atoms with E-state index in [-0.39, 0.29) is 17.9 Å². The van der Waals surface area contributed by atoms with Crippen LogP contribution in [0.15, 0.2) is 30.5 Å². The third-order valence-electron chi connectivity index (χ3n) is 4.49. The highest BCUT2D eigenvalue weighted by Crippen LogP contribution is 2.22. The van der Waals surface area contributed by atoms with Crippen molar-refractivity contribution in [3.05, 3.63) is 46.7 Å². The van der Waals surface area contributed by atoms with Gasteiger partial charge in [-0.15, -0.1) is 0 Å². The molecule has 0 radical (unpaired) electrons. The zero-order valence-corrected chi connectivity index (χ0v) is 16.1. The van der Waals surface area contributed by atoms with Gasteiger partial charge < -0.3 is 16.0 Å². The van der Waals surface area contributed by atoms with Crippen LogP contribution >= 0.6 is 11.6 Å². The lowest BCUT2D eigenvalue weighted by Crippen LogP contribution is -2.32. The Balaban J connectivity index is 1.64. The van der Waals surface area contributed by atoms with Gasteiger partial charge >= 0.3 is 0 Å². The topological polar surface area (TPSA) is 88.0 Å². The first-order valence-electron chi connectivity index (χ1n) is 9.23. The molecule has 0 spiro atoms. The normalized spacial score (nSPS) is 16.7. The van der Waals surface area contributed by atoms with E-state index in [9.17, 15) is 9.59 Å². The van der Waals surface area contributed by atoms with Gasteiger partial charge in [0.2, 0.25) is 0 Å². The molecule has 7 nitrogen and oxygen atoms in total. The summed E-state index contributed by atoms with van der Waals surface area (Å²) >= 11 is 6.20. The Labute approximate surface area is 163 Å². The number of nitrogens with zero attached hydrogens (tertiary/aromatic N) is 2. The number of benzene rings is 1. The van der Waals surface area contributed by atoms with Gasteiger partial charge in [-0.2, -0.15) is 5.10 Å². The third kappa shape index (κ3) is 4.87. The third-order valence-corrected chi connectivity index (χ3v) is 4.81. The van der Waals surface area contributed by atoms with Crippen molar-refractivity contribution in [2.75, 3.05) is 25.0 Å². The molecule has 2 amide bonds. The maximum absolute atomic E-state index is 12.5. The van der Waals surface area contributed by atoms with Crippen molar-refractivity contribution < 1.29 is 9.59 Å². The predicted molar refractivity (Wildman–Crippen MR) is 105 cm³/mol. The second-order valence-corrected chi connectivity index (χ2v) is 6.99. The van der Waals surface area contributed by atoms with Crippen LogP contribution in [0.4, 0.5) is 5.69 Å². The number of piperidine rings is 1. The zero-order valence-electron chi connectivity index (χ0n) is 15.3. The Hall–Kier alpha value is -2.38. The molecule has 1 atom stereocenters. The molecule has 1 unspecified atom stereocenters. The lowest BCUT2D eigenvalue weighted by Gasteiger charge is -2.22. The molecule has 8 heteroatoms. The van der Waals surface area contributed by atoms with Crippen molar-refractivity contribution >= 4 is 29.1 Å². The number of hydrogen-bond acceptors (Lipinski definition) is 4. The van der Waals surface area contributed by atoms with E-state index in [1.807, 2.05) is 17.8 Å². The van der Waals surface area contributed by atoms with Gasteiger partial charge in [0.25, 0.3) is 11.8 Å². The maximum Gasteiger partial charge on any atom is 0.276 e. The van der Waals surface area contributed by atoms with Crippen molar-refractivity contribution in [3.63, 3.8) is 0 Å². The van der Waals surface area contributed by atoms with Crippen LogP contribution in [0.1, 0.15) is 53.1 Å². The number of anilines is 1. The number of carbonyl (C=O) groups excluding carboxylic acids is 2. The van der Waals surface area contributed by atoms with Crippen molar-refractivity contribution in [1.29, 1.82) is 0 Å². The Morgan fingerprint density at radius 2 is 2.19 bits per heavy atom. The number of nitrogens with one attached hydrogen (secondary N) is 3. The second-order valence-electron chi connectivity index (χ2n) is 6.59. The van der Waals surface area contributed by atoms with Gasteiger partial charge in [-0.1, -0.05) is 18.5 Å². The molecule has 1 fully saturated rings. The minimum atomic E-state index is -0.309. The summed E-state index contributed by atoms with van der Waals surface area (Å²) in [5.74, 6) is -0.531. The predicted octanol–water partition coefficient (Wildman–Crippen LogP) is 2.85. The first-order valence-corrected chi connectivity index (χ1v) is 9.61. The van der Waals surface area contributed by atoms with E-state index in [0.717, 1.165) is 32.4 Å². The van der Waals surface area contributed by atoms with Crippen molar-refractivity contribution in [1.82, 2.24) is 20.4 Å². The van der Waals surface area contributed by atoms with Gasteiger partial charge in [0.05, 0.1) is 16.6 Å². The molecule has 3 rings (SSSR count). The molecule has 0 bridgehead atoms.